The van der Waals surface area contributed by atoms with Gasteiger partial charge in [-0.25, -0.2) is 14.6 Å². The molecule has 0 aliphatic carbocycles. The lowest BCUT2D eigenvalue weighted by molar-refractivity contribution is 0.190. The molecule has 6 heteroatoms. The van der Waals surface area contributed by atoms with Crippen LogP contribution in [-0.4, -0.2) is 37.8 Å². The standard InChI is InChI=1S/C20H21N5O/c1-14(16-3-2-15-5-7-26-20(15)8-16)24-6-4-19-17(12-24)9-23-25(19)18-10-21-13-22-11-18/h2-3,8-11,13-14H,4-7,12H2,1H3. The summed E-state index contributed by atoms with van der Waals surface area (Å²) in [6.07, 6.45) is 9.13. The van der Waals surface area contributed by atoms with Crippen molar-refractivity contribution in [1.29, 1.82) is 0 Å². The van der Waals surface area contributed by atoms with Gasteiger partial charge in [0.1, 0.15) is 17.8 Å². The molecule has 5 rings (SSSR count). The quantitative estimate of drug-likeness (QED) is 0.729. The Kier molecular flexibility index (Phi) is 3.71. The molecule has 0 saturated carbocycles. The van der Waals surface area contributed by atoms with Crippen LogP contribution in [0.1, 0.15) is 35.3 Å². The average molecular weight is 347 g/mol. The fourth-order valence-corrected chi connectivity index (χ4v) is 3.96. The van der Waals surface area contributed by atoms with Gasteiger partial charge in [0.15, 0.2) is 0 Å². The molecule has 2 aliphatic rings. The highest BCUT2D eigenvalue weighted by Gasteiger charge is 2.26. The summed E-state index contributed by atoms with van der Waals surface area (Å²) in [6, 6.07) is 7.03. The summed E-state index contributed by atoms with van der Waals surface area (Å²) in [5.74, 6) is 1.06. The van der Waals surface area contributed by atoms with Gasteiger partial charge in [0.05, 0.1) is 30.9 Å². The van der Waals surface area contributed by atoms with E-state index in [0.29, 0.717) is 6.04 Å². The molecule has 2 aliphatic heterocycles. The van der Waals surface area contributed by atoms with Gasteiger partial charge in [0, 0.05) is 37.5 Å². The summed E-state index contributed by atoms with van der Waals surface area (Å²) < 4.78 is 7.71. The highest BCUT2D eigenvalue weighted by molar-refractivity contribution is 5.41. The van der Waals surface area contributed by atoms with Gasteiger partial charge in [-0.2, -0.15) is 5.10 Å². The topological polar surface area (TPSA) is 56.1 Å². The molecular formula is C20H21N5O. The number of rotatable bonds is 3. The van der Waals surface area contributed by atoms with Crippen molar-refractivity contribution < 1.29 is 4.74 Å². The summed E-state index contributed by atoms with van der Waals surface area (Å²) >= 11 is 0. The van der Waals surface area contributed by atoms with Gasteiger partial charge in [-0.1, -0.05) is 12.1 Å². The Hall–Kier alpha value is -2.73. The number of ether oxygens (including phenoxy) is 1. The molecule has 0 radical (unpaired) electrons. The summed E-state index contributed by atoms with van der Waals surface area (Å²) in [6.45, 7) is 4.99. The maximum Gasteiger partial charge on any atom is 0.122 e. The van der Waals surface area contributed by atoms with Crippen molar-refractivity contribution in [2.24, 2.45) is 0 Å². The van der Waals surface area contributed by atoms with Crippen molar-refractivity contribution in [3.8, 4) is 11.4 Å². The Balaban J connectivity index is 1.38. The van der Waals surface area contributed by atoms with E-state index in [1.807, 2.05) is 10.9 Å². The molecule has 1 aromatic carbocycles. The molecule has 0 fully saturated rings. The molecule has 26 heavy (non-hydrogen) atoms. The number of hydrogen-bond donors (Lipinski definition) is 0. The molecule has 1 unspecified atom stereocenters. The van der Waals surface area contributed by atoms with E-state index in [9.17, 15) is 0 Å². The van der Waals surface area contributed by atoms with Gasteiger partial charge in [0.25, 0.3) is 0 Å². The maximum atomic E-state index is 5.74. The van der Waals surface area contributed by atoms with Gasteiger partial charge in [0.2, 0.25) is 0 Å². The average Bonchev–Trinajstić information content (AvgIpc) is 3.33. The number of aromatic nitrogens is 4. The van der Waals surface area contributed by atoms with Crippen LogP contribution < -0.4 is 4.74 Å². The Bertz CT molecular complexity index is 937. The molecule has 3 aromatic rings. The molecule has 0 saturated heterocycles. The fraction of sp³-hybridized carbons (Fsp3) is 0.350. The third-order valence-electron chi connectivity index (χ3n) is 5.51. The van der Waals surface area contributed by atoms with Gasteiger partial charge >= 0.3 is 0 Å². The van der Waals surface area contributed by atoms with E-state index in [-0.39, 0.29) is 0 Å². The molecule has 0 amide bonds. The van der Waals surface area contributed by atoms with Crippen molar-refractivity contribution in [2.45, 2.75) is 32.4 Å². The molecule has 4 heterocycles. The van der Waals surface area contributed by atoms with Crippen molar-refractivity contribution in [3.05, 3.63) is 65.5 Å². The number of hydrogen-bond acceptors (Lipinski definition) is 5. The lowest BCUT2D eigenvalue weighted by atomic mass is 10.00. The Morgan fingerprint density at radius 1 is 1.08 bits per heavy atom. The van der Waals surface area contributed by atoms with Crippen molar-refractivity contribution in [2.75, 3.05) is 13.2 Å². The molecule has 2 aromatic heterocycles. The first-order valence-electron chi connectivity index (χ1n) is 9.10. The van der Waals surface area contributed by atoms with Crippen LogP contribution >= 0.6 is 0 Å². The van der Waals surface area contributed by atoms with Crippen molar-refractivity contribution in [3.63, 3.8) is 0 Å². The zero-order valence-corrected chi connectivity index (χ0v) is 14.8. The lowest BCUT2D eigenvalue weighted by Gasteiger charge is -2.33. The molecule has 0 bridgehead atoms. The van der Waals surface area contributed by atoms with E-state index in [1.54, 1.807) is 18.7 Å². The van der Waals surface area contributed by atoms with Crippen LogP contribution in [0.2, 0.25) is 0 Å². The van der Waals surface area contributed by atoms with E-state index >= 15 is 0 Å². The third-order valence-corrected chi connectivity index (χ3v) is 5.51. The van der Waals surface area contributed by atoms with Crippen LogP contribution in [0.25, 0.3) is 5.69 Å². The van der Waals surface area contributed by atoms with E-state index in [2.05, 4.69) is 45.1 Å². The highest BCUT2D eigenvalue weighted by atomic mass is 16.5. The first kappa shape index (κ1) is 15.5. The molecule has 0 N–H and O–H groups in total. The molecule has 6 nitrogen and oxygen atoms in total. The number of nitrogens with zero attached hydrogens (tertiary/aromatic N) is 5. The molecule has 0 spiro atoms. The van der Waals surface area contributed by atoms with E-state index in [0.717, 1.165) is 44.0 Å². The van der Waals surface area contributed by atoms with Gasteiger partial charge < -0.3 is 4.74 Å². The maximum absolute atomic E-state index is 5.74. The van der Waals surface area contributed by atoms with Crippen LogP contribution in [0, 0.1) is 0 Å². The zero-order chi connectivity index (χ0) is 17.5. The van der Waals surface area contributed by atoms with Crippen LogP contribution in [0.5, 0.6) is 5.75 Å². The minimum Gasteiger partial charge on any atom is -0.493 e. The molecule has 1 atom stereocenters. The zero-order valence-electron chi connectivity index (χ0n) is 14.8. The molecule has 132 valence electrons. The van der Waals surface area contributed by atoms with E-state index in [4.69, 9.17) is 4.74 Å². The molecular weight excluding hydrogens is 326 g/mol. The SMILES string of the molecule is CC(c1ccc2c(c1)OCC2)N1CCc2c(cnn2-c2cncnc2)C1. The Morgan fingerprint density at radius 2 is 1.96 bits per heavy atom. The largest absolute Gasteiger partial charge is 0.493 e. The Labute approximate surface area is 152 Å². The van der Waals surface area contributed by atoms with Crippen LogP contribution in [0.4, 0.5) is 0 Å². The van der Waals surface area contributed by atoms with E-state index < -0.39 is 0 Å². The van der Waals surface area contributed by atoms with Crippen LogP contribution in [0.3, 0.4) is 0 Å². The van der Waals surface area contributed by atoms with E-state index in [1.165, 1.54) is 22.4 Å². The second-order valence-electron chi connectivity index (χ2n) is 6.99. The first-order chi connectivity index (χ1) is 12.8. The van der Waals surface area contributed by atoms with Crippen LogP contribution in [0.15, 0.2) is 43.1 Å². The summed E-state index contributed by atoms with van der Waals surface area (Å²) in [5, 5.41) is 4.57. The minimum atomic E-state index is 0.348. The monoisotopic (exact) mass is 347 g/mol. The van der Waals surface area contributed by atoms with Crippen molar-refractivity contribution >= 4 is 0 Å². The second kappa shape index (κ2) is 6.21. The first-order valence-corrected chi connectivity index (χ1v) is 9.10. The smallest absolute Gasteiger partial charge is 0.122 e. The lowest BCUT2D eigenvalue weighted by Crippen LogP contribution is -2.33. The summed E-state index contributed by atoms with van der Waals surface area (Å²) in [7, 11) is 0. The Morgan fingerprint density at radius 3 is 2.85 bits per heavy atom. The van der Waals surface area contributed by atoms with Gasteiger partial charge in [-0.05, 0) is 24.1 Å². The number of benzene rings is 1. The summed E-state index contributed by atoms with van der Waals surface area (Å²) in [5.41, 5.74) is 6.11. The summed E-state index contributed by atoms with van der Waals surface area (Å²) in [4.78, 5) is 10.7. The highest BCUT2D eigenvalue weighted by Crippen LogP contribution is 2.33. The van der Waals surface area contributed by atoms with Crippen molar-refractivity contribution in [1.82, 2.24) is 24.6 Å². The van der Waals surface area contributed by atoms with Gasteiger partial charge in [-0.15, -0.1) is 0 Å². The second-order valence-corrected chi connectivity index (χ2v) is 6.99. The van der Waals surface area contributed by atoms with Gasteiger partial charge in [-0.3, -0.25) is 4.90 Å². The van der Waals surface area contributed by atoms with Crippen LogP contribution in [-0.2, 0) is 19.4 Å². The predicted molar refractivity (Wildman–Crippen MR) is 97.3 cm³/mol. The minimum absolute atomic E-state index is 0.348. The normalized spacial score (nSPS) is 17.4. The predicted octanol–water partition coefficient (Wildman–Crippen LogP) is 2.72. The number of fused-ring (bicyclic) bond motifs is 2. The third kappa shape index (κ3) is 2.57. The fourth-order valence-electron chi connectivity index (χ4n) is 3.96.